The molecule has 2 aromatic heterocycles. The summed E-state index contributed by atoms with van der Waals surface area (Å²) in [5.74, 6) is -1.94. The van der Waals surface area contributed by atoms with Gasteiger partial charge in [0.15, 0.2) is 0 Å². The molecule has 0 aliphatic heterocycles. The first-order chi connectivity index (χ1) is 9.49. The van der Waals surface area contributed by atoms with Gasteiger partial charge in [-0.1, -0.05) is 0 Å². The van der Waals surface area contributed by atoms with Gasteiger partial charge in [0.2, 0.25) is 0 Å². The number of rotatable bonds is 3. The fraction of sp³-hybridized carbons (Fsp3) is 0.0833. The fourth-order valence-corrected chi connectivity index (χ4v) is 1.47. The molecule has 0 atom stereocenters. The molecule has 102 valence electrons. The second kappa shape index (κ2) is 5.31. The first-order valence-corrected chi connectivity index (χ1v) is 5.53. The molecule has 0 aliphatic carbocycles. The number of hydrogen-bond acceptors (Lipinski definition) is 5. The van der Waals surface area contributed by atoms with Crippen molar-refractivity contribution in [2.24, 2.45) is 7.05 Å². The predicted octanol–water partition coefficient (Wildman–Crippen LogP) is 0.126. The lowest BCUT2D eigenvalue weighted by molar-refractivity contribution is 0.0697. The highest BCUT2D eigenvalue weighted by molar-refractivity contribution is 6.05. The molecule has 20 heavy (non-hydrogen) atoms. The highest BCUT2D eigenvalue weighted by Crippen LogP contribution is 2.12. The van der Waals surface area contributed by atoms with Gasteiger partial charge in [-0.2, -0.15) is 5.10 Å². The fourth-order valence-electron chi connectivity index (χ4n) is 1.47. The minimum atomic E-state index is -1.21. The summed E-state index contributed by atoms with van der Waals surface area (Å²) in [6.07, 6.45) is 1.36. The van der Waals surface area contributed by atoms with Crippen LogP contribution in [-0.4, -0.2) is 31.7 Å². The van der Waals surface area contributed by atoms with Crippen LogP contribution in [0.4, 0.5) is 5.82 Å². The summed E-state index contributed by atoms with van der Waals surface area (Å²) in [6, 6.07) is 5.21. The molecule has 0 radical (unpaired) electrons. The molecule has 0 spiro atoms. The second-order valence-corrected chi connectivity index (χ2v) is 3.84. The molecule has 2 N–H and O–H groups in total. The molecule has 2 aromatic rings. The molecule has 0 saturated heterocycles. The third-order valence-electron chi connectivity index (χ3n) is 2.46. The van der Waals surface area contributed by atoms with Crippen LogP contribution < -0.4 is 10.9 Å². The van der Waals surface area contributed by atoms with Crippen molar-refractivity contribution in [2.45, 2.75) is 0 Å². The Morgan fingerprint density at radius 3 is 2.70 bits per heavy atom. The summed E-state index contributed by atoms with van der Waals surface area (Å²) < 4.78 is 1.01. The minimum absolute atomic E-state index is 0.0194. The standard InChI is InChI=1S/C12H10N4O4/c1-16-9(17)5-4-8(15-16)11(18)14-10-7(12(19)20)3-2-6-13-10/h2-6H,1H3,(H,19,20)(H,13,14,18). The van der Waals surface area contributed by atoms with Crippen LogP contribution in [0.5, 0.6) is 0 Å². The van der Waals surface area contributed by atoms with Gasteiger partial charge in [0, 0.05) is 19.3 Å². The van der Waals surface area contributed by atoms with E-state index < -0.39 is 11.9 Å². The number of amides is 1. The van der Waals surface area contributed by atoms with Gasteiger partial charge in [-0.25, -0.2) is 14.5 Å². The zero-order chi connectivity index (χ0) is 14.7. The normalized spacial score (nSPS) is 10.1. The highest BCUT2D eigenvalue weighted by atomic mass is 16.4. The smallest absolute Gasteiger partial charge is 0.339 e. The summed E-state index contributed by atoms with van der Waals surface area (Å²) in [5, 5.41) is 15.1. The molecule has 0 fully saturated rings. The van der Waals surface area contributed by atoms with Crippen molar-refractivity contribution in [1.82, 2.24) is 14.8 Å². The molecule has 0 aromatic carbocycles. The first kappa shape index (κ1) is 13.4. The van der Waals surface area contributed by atoms with E-state index in [-0.39, 0.29) is 22.6 Å². The maximum Gasteiger partial charge on any atom is 0.339 e. The zero-order valence-corrected chi connectivity index (χ0v) is 10.4. The van der Waals surface area contributed by atoms with Gasteiger partial charge in [0.25, 0.3) is 11.5 Å². The summed E-state index contributed by atoms with van der Waals surface area (Å²) in [6.45, 7) is 0. The Kier molecular flexibility index (Phi) is 3.56. The Morgan fingerprint density at radius 2 is 2.05 bits per heavy atom. The quantitative estimate of drug-likeness (QED) is 0.822. The number of nitrogens with zero attached hydrogens (tertiary/aromatic N) is 3. The van der Waals surface area contributed by atoms with Crippen molar-refractivity contribution in [1.29, 1.82) is 0 Å². The van der Waals surface area contributed by atoms with Gasteiger partial charge in [-0.3, -0.25) is 9.59 Å². The minimum Gasteiger partial charge on any atom is -0.478 e. The largest absolute Gasteiger partial charge is 0.478 e. The molecule has 2 heterocycles. The number of aryl methyl sites for hydroxylation is 1. The molecule has 8 nitrogen and oxygen atoms in total. The van der Waals surface area contributed by atoms with Crippen LogP contribution in [0.15, 0.2) is 35.3 Å². The lowest BCUT2D eigenvalue weighted by atomic mass is 10.2. The Bertz CT molecular complexity index is 738. The van der Waals surface area contributed by atoms with Crippen molar-refractivity contribution < 1.29 is 14.7 Å². The highest BCUT2D eigenvalue weighted by Gasteiger charge is 2.15. The summed E-state index contributed by atoms with van der Waals surface area (Å²) in [4.78, 5) is 37.9. The van der Waals surface area contributed by atoms with Crippen molar-refractivity contribution in [3.8, 4) is 0 Å². The third-order valence-corrected chi connectivity index (χ3v) is 2.46. The molecular weight excluding hydrogens is 264 g/mol. The van der Waals surface area contributed by atoms with Gasteiger partial charge in [0.1, 0.15) is 17.1 Å². The van der Waals surface area contributed by atoms with E-state index in [0.717, 1.165) is 4.68 Å². The number of carbonyl (C=O) groups excluding carboxylic acids is 1. The number of nitrogens with one attached hydrogen (secondary N) is 1. The maximum atomic E-state index is 11.9. The second-order valence-electron chi connectivity index (χ2n) is 3.84. The SMILES string of the molecule is Cn1nc(C(=O)Nc2ncccc2C(=O)O)ccc1=O. The van der Waals surface area contributed by atoms with Crippen molar-refractivity contribution in [2.75, 3.05) is 5.32 Å². The van der Waals surface area contributed by atoms with E-state index in [2.05, 4.69) is 15.4 Å². The van der Waals surface area contributed by atoms with Crippen molar-refractivity contribution >= 4 is 17.7 Å². The van der Waals surface area contributed by atoms with Gasteiger partial charge in [0.05, 0.1) is 0 Å². The number of anilines is 1. The first-order valence-electron chi connectivity index (χ1n) is 5.53. The molecule has 0 unspecified atom stereocenters. The molecule has 0 saturated carbocycles. The Hall–Kier alpha value is -3.03. The topological polar surface area (TPSA) is 114 Å². The summed E-state index contributed by atoms with van der Waals surface area (Å²) >= 11 is 0. The summed E-state index contributed by atoms with van der Waals surface area (Å²) in [7, 11) is 1.41. The molecular formula is C12H10N4O4. The number of pyridine rings is 1. The van der Waals surface area contributed by atoms with Crippen LogP contribution in [0.1, 0.15) is 20.8 Å². The van der Waals surface area contributed by atoms with Gasteiger partial charge >= 0.3 is 5.97 Å². The summed E-state index contributed by atoms with van der Waals surface area (Å²) in [5.41, 5.74) is -0.509. The lowest BCUT2D eigenvalue weighted by Gasteiger charge is -2.06. The lowest BCUT2D eigenvalue weighted by Crippen LogP contribution is -2.24. The van der Waals surface area contributed by atoms with Crippen molar-refractivity contribution in [3.05, 3.63) is 52.1 Å². The van der Waals surface area contributed by atoms with Gasteiger partial charge in [-0.15, -0.1) is 0 Å². The molecule has 2 rings (SSSR count). The number of carbonyl (C=O) groups is 2. The number of hydrogen-bond donors (Lipinski definition) is 2. The molecule has 8 heteroatoms. The Labute approximate surface area is 112 Å². The molecule has 0 aliphatic rings. The Balaban J connectivity index is 2.30. The van der Waals surface area contributed by atoms with Crippen LogP contribution in [-0.2, 0) is 7.05 Å². The van der Waals surface area contributed by atoms with E-state index in [9.17, 15) is 14.4 Å². The van der Waals surface area contributed by atoms with Crippen LogP contribution in [0.2, 0.25) is 0 Å². The molecule has 0 bridgehead atoms. The van der Waals surface area contributed by atoms with Crippen LogP contribution >= 0.6 is 0 Å². The van der Waals surface area contributed by atoms with Gasteiger partial charge < -0.3 is 10.4 Å². The van der Waals surface area contributed by atoms with E-state index in [4.69, 9.17) is 5.11 Å². The van der Waals surface area contributed by atoms with E-state index in [1.165, 1.54) is 37.5 Å². The monoisotopic (exact) mass is 274 g/mol. The average Bonchev–Trinajstić information content (AvgIpc) is 2.42. The number of aromatic carboxylic acids is 1. The van der Waals surface area contributed by atoms with E-state index in [1.807, 2.05) is 0 Å². The van der Waals surface area contributed by atoms with Crippen LogP contribution in [0.25, 0.3) is 0 Å². The number of carboxylic acid groups (broad SMARTS) is 1. The molecule has 1 amide bonds. The number of aromatic nitrogens is 3. The van der Waals surface area contributed by atoms with Crippen LogP contribution in [0, 0.1) is 0 Å². The van der Waals surface area contributed by atoms with Gasteiger partial charge in [-0.05, 0) is 18.2 Å². The number of carboxylic acids is 1. The maximum absolute atomic E-state index is 11.9. The Morgan fingerprint density at radius 1 is 1.30 bits per heavy atom. The van der Waals surface area contributed by atoms with E-state index >= 15 is 0 Å². The van der Waals surface area contributed by atoms with Crippen LogP contribution in [0.3, 0.4) is 0 Å². The van der Waals surface area contributed by atoms with E-state index in [1.54, 1.807) is 0 Å². The zero-order valence-electron chi connectivity index (χ0n) is 10.4. The third kappa shape index (κ3) is 2.69. The van der Waals surface area contributed by atoms with E-state index in [0.29, 0.717) is 0 Å². The predicted molar refractivity (Wildman–Crippen MR) is 68.6 cm³/mol. The average molecular weight is 274 g/mol. The van der Waals surface area contributed by atoms with Crippen molar-refractivity contribution in [3.63, 3.8) is 0 Å².